The summed E-state index contributed by atoms with van der Waals surface area (Å²) in [5.41, 5.74) is 2.56. The van der Waals surface area contributed by atoms with Gasteiger partial charge >= 0.3 is 0 Å². The molecule has 2 nitrogen and oxygen atoms in total. The normalized spacial score (nSPS) is 17.8. The van der Waals surface area contributed by atoms with Crippen LogP contribution in [0.5, 0.6) is 0 Å². The van der Waals surface area contributed by atoms with E-state index in [0.29, 0.717) is 10.3 Å². The average molecular weight is 337 g/mol. The van der Waals surface area contributed by atoms with Crippen molar-refractivity contribution in [1.29, 1.82) is 0 Å². The SMILES string of the molecule is CCN(CC)CC1=CC=C/C(=C/CP(C(C)(C)C)C(C)(C)C)N1. The second-order valence-electron chi connectivity index (χ2n) is 8.25. The molecule has 0 aromatic rings. The summed E-state index contributed by atoms with van der Waals surface area (Å²) in [4.78, 5) is 2.44. The summed E-state index contributed by atoms with van der Waals surface area (Å²) in [6, 6.07) is 0. The van der Waals surface area contributed by atoms with Gasteiger partial charge in [0.25, 0.3) is 0 Å². The van der Waals surface area contributed by atoms with E-state index in [4.69, 9.17) is 0 Å². The Morgan fingerprint density at radius 3 is 2.09 bits per heavy atom. The molecule has 132 valence electrons. The summed E-state index contributed by atoms with van der Waals surface area (Å²) < 4.78 is 0. The molecule has 0 aliphatic carbocycles. The molecule has 1 heterocycles. The first-order chi connectivity index (χ1) is 10.6. The zero-order valence-corrected chi connectivity index (χ0v) is 17.4. The molecular formula is C20H37N2P. The standard InChI is InChI=1S/C20H37N2P/c1-9-22(10-2)16-18-13-11-12-17(21-18)14-15-23(19(3,4)5)20(6,7)8/h11-14,21H,9-10,15-16H2,1-8H3/b17-14-. The summed E-state index contributed by atoms with van der Waals surface area (Å²) >= 11 is 0. The lowest BCUT2D eigenvalue weighted by Crippen LogP contribution is -2.31. The summed E-state index contributed by atoms with van der Waals surface area (Å²) in [5.74, 6) is 0. The first-order valence-electron chi connectivity index (χ1n) is 8.92. The van der Waals surface area contributed by atoms with Gasteiger partial charge in [-0.2, -0.15) is 0 Å². The van der Waals surface area contributed by atoms with Gasteiger partial charge in [0.1, 0.15) is 0 Å². The summed E-state index contributed by atoms with van der Waals surface area (Å²) in [5, 5.41) is 4.37. The highest BCUT2D eigenvalue weighted by Gasteiger charge is 2.33. The van der Waals surface area contributed by atoms with Gasteiger partial charge in [-0.25, -0.2) is 0 Å². The third-order valence-electron chi connectivity index (χ3n) is 4.28. The second-order valence-corrected chi connectivity index (χ2v) is 12.2. The van der Waals surface area contributed by atoms with Gasteiger partial charge < -0.3 is 5.32 Å². The number of nitrogens with one attached hydrogen (secondary N) is 1. The van der Waals surface area contributed by atoms with Crippen LogP contribution < -0.4 is 5.32 Å². The molecule has 0 spiro atoms. The minimum absolute atomic E-state index is 0.0849. The van der Waals surface area contributed by atoms with E-state index in [1.165, 1.54) is 17.6 Å². The van der Waals surface area contributed by atoms with Crippen molar-refractivity contribution in [3.63, 3.8) is 0 Å². The number of dihydropyridines is 1. The molecule has 1 aliphatic heterocycles. The molecule has 0 aromatic heterocycles. The second kappa shape index (κ2) is 8.49. The maximum atomic E-state index is 3.61. The molecule has 0 unspecified atom stereocenters. The Bertz CT molecular complexity index is 443. The molecule has 1 N–H and O–H groups in total. The fraction of sp³-hybridized carbons (Fsp3) is 0.700. The van der Waals surface area contributed by atoms with Crippen LogP contribution in [0.1, 0.15) is 55.4 Å². The Morgan fingerprint density at radius 1 is 1.04 bits per heavy atom. The van der Waals surface area contributed by atoms with E-state index in [1.807, 2.05) is 0 Å². The maximum absolute atomic E-state index is 3.61. The Labute approximate surface area is 145 Å². The van der Waals surface area contributed by atoms with Crippen molar-refractivity contribution in [1.82, 2.24) is 10.2 Å². The van der Waals surface area contributed by atoms with Crippen molar-refractivity contribution in [3.8, 4) is 0 Å². The number of allylic oxidation sites excluding steroid dienone is 4. The summed E-state index contributed by atoms with van der Waals surface area (Å²) in [6.07, 6.45) is 10.2. The minimum atomic E-state index is -0.0849. The van der Waals surface area contributed by atoms with Crippen molar-refractivity contribution in [3.05, 3.63) is 35.7 Å². The Balaban J connectivity index is 2.75. The Kier molecular flexibility index (Phi) is 7.55. The number of hydrogen-bond donors (Lipinski definition) is 1. The van der Waals surface area contributed by atoms with Gasteiger partial charge in [-0.15, -0.1) is 0 Å². The number of likely N-dealkylation sites (N-methyl/N-ethyl adjacent to an activating group) is 1. The molecule has 0 amide bonds. The van der Waals surface area contributed by atoms with Crippen molar-refractivity contribution in [2.75, 3.05) is 25.8 Å². The smallest absolute Gasteiger partial charge is 0.0384 e. The van der Waals surface area contributed by atoms with Crippen LogP contribution in [0.2, 0.25) is 0 Å². The van der Waals surface area contributed by atoms with Crippen molar-refractivity contribution < 1.29 is 0 Å². The summed E-state index contributed by atoms with van der Waals surface area (Å²) in [6.45, 7) is 22.0. The quantitative estimate of drug-likeness (QED) is 0.659. The molecule has 0 fully saturated rings. The van der Waals surface area contributed by atoms with E-state index >= 15 is 0 Å². The van der Waals surface area contributed by atoms with E-state index in [1.54, 1.807) is 0 Å². The van der Waals surface area contributed by atoms with Gasteiger partial charge in [0.05, 0.1) is 0 Å². The molecule has 0 saturated heterocycles. The Morgan fingerprint density at radius 2 is 1.61 bits per heavy atom. The van der Waals surface area contributed by atoms with Crippen LogP contribution in [0.25, 0.3) is 0 Å². The molecule has 23 heavy (non-hydrogen) atoms. The number of hydrogen-bond acceptors (Lipinski definition) is 2. The van der Waals surface area contributed by atoms with Crippen LogP contribution in [0, 0.1) is 0 Å². The largest absolute Gasteiger partial charge is 0.358 e. The van der Waals surface area contributed by atoms with Crippen LogP contribution in [0.4, 0.5) is 0 Å². The lowest BCUT2D eigenvalue weighted by atomic mass is 10.2. The highest BCUT2D eigenvalue weighted by molar-refractivity contribution is 7.61. The molecule has 3 heteroatoms. The molecule has 0 aromatic carbocycles. The lowest BCUT2D eigenvalue weighted by Gasteiger charge is -2.41. The Hall–Kier alpha value is -0.590. The minimum Gasteiger partial charge on any atom is -0.358 e. The first-order valence-corrected chi connectivity index (χ1v) is 10.4. The average Bonchev–Trinajstić information content (AvgIpc) is 2.42. The summed E-state index contributed by atoms with van der Waals surface area (Å²) in [7, 11) is -0.0849. The van der Waals surface area contributed by atoms with Crippen molar-refractivity contribution >= 4 is 7.92 Å². The van der Waals surface area contributed by atoms with Crippen LogP contribution in [-0.4, -0.2) is 41.0 Å². The monoisotopic (exact) mass is 336 g/mol. The highest BCUT2D eigenvalue weighted by Crippen LogP contribution is 2.59. The molecule has 0 bridgehead atoms. The van der Waals surface area contributed by atoms with E-state index in [2.05, 4.69) is 89.9 Å². The maximum Gasteiger partial charge on any atom is 0.0384 e. The fourth-order valence-electron chi connectivity index (χ4n) is 3.18. The van der Waals surface area contributed by atoms with Crippen LogP contribution in [0.3, 0.4) is 0 Å². The topological polar surface area (TPSA) is 15.3 Å². The lowest BCUT2D eigenvalue weighted by molar-refractivity contribution is 0.325. The van der Waals surface area contributed by atoms with Crippen LogP contribution in [0.15, 0.2) is 35.7 Å². The zero-order chi connectivity index (χ0) is 17.7. The van der Waals surface area contributed by atoms with Gasteiger partial charge in [0.15, 0.2) is 0 Å². The van der Waals surface area contributed by atoms with E-state index in [-0.39, 0.29) is 7.92 Å². The van der Waals surface area contributed by atoms with Crippen molar-refractivity contribution in [2.24, 2.45) is 0 Å². The third kappa shape index (κ3) is 6.81. The predicted molar refractivity (Wildman–Crippen MR) is 108 cm³/mol. The predicted octanol–water partition coefficient (Wildman–Crippen LogP) is 5.33. The molecule has 0 atom stereocenters. The molecule has 1 aliphatic rings. The molecule has 1 rings (SSSR count). The fourth-order valence-corrected chi connectivity index (χ4v) is 6.67. The molecule has 0 radical (unpaired) electrons. The highest BCUT2D eigenvalue weighted by atomic mass is 31.1. The van der Waals surface area contributed by atoms with E-state index in [9.17, 15) is 0 Å². The van der Waals surface area contributed by atoms with E-state index < -0.39 is 0 Å². The van der Waals surface area contributed by atoms with Gasteiger partial charge in [-0.3, -0.25) is 4.90 Å². The molecule has 0 saturated carbocycles. The number of rotatable bonds is 6. The first kappa shape index (κ1) is 20.5. The molecular weight excluding hydrogens is 299 g/mol. The van der Waals surface area contributed by atoms with Crippen LogP contribution >= 0.6 is 7.92 Å². The van der Waals surface area contributed by atoms with Gasteiger partial charge in [-0.1, -0.05) is 75.5 Å². The zero-order valence-electron chi connectivity index (χ0n) is 16.5. The van der Waals surface area contributed by atoms with Crippen LogP contribution in [-0.2, 0) is 0 Å². The van der Waals surface area contributed by atoms with E-state index in [0.717, 1.165) is 19.6 Å². The van der Waals surface area contributed by atoms with Gasteiger partial charge in [0, 0.05) is 17.9 Å². The number of nitrogens with zero attached hydrogens (tertiary/aromatic N) is 1. The van der Waals surface area contributed by atoms with Crippen molar-refractivity contribution in [2.45, 2.75) is 65.7 Å². The third-order valence-corrected chi connectivity index (χ3v) is 8.07. The van der Waals surface area contributed by atoms with Gasteiger partial charge in [-0.05, 0) is 41.7 Å². The van der Waals surface area contributed by atoms with Gasteiger partial charge in [0.2, 0.25) is 0 Å².